The van der Waals surface area contributed by atoms with E-state index >= 15 is 0 Å². The molecule has 0 aromatic carbocycles. The molecule has 4 nitrogen and oxygen atoms in total. The summed E-state index contributed by atoms with van der Waals surface area (Å²) in [5, 5.41) is 3.33. The molecule has 1 saturated heterocycles. The highest BCUT2D eigenvalue weighted by molar-refractivity contribution is 7.06. The first-order valence-corrected chi connectivity index (χ1v) is 10.6. The van der Waals surface area contributed by atoms with Crippen molar-refractivity contribution in [3.63, 3.8) is 0 Å². The lowest BCUT2D eigenvalue weighted by Crippen LogP contribution is -2.39. The van der Waals surface area contributed by atoms with Crippen LogP contribution in [0.3, 0.4) is 0 Å². The molecule has 0 unspecified atom stereocenters. The number of piperidine rings is 1. The molecule has 4 rings (SSSR count). The summed E-state index contributed by atoms with van der Waals surface area (Å²) >= 11 is 1.39. The van der Waals surface area contributed by atoms with E-state index in [9.17, 15) is 18.0 Å². The monoisotopic (exact) mass is 421 g/mol. The van der Waals surface area contributed by atoms with Crippen molar-refractivity contribution in [1.29, 1.82) is 0 Å². The first-order valence-electron chi connectivity index (χ1n) is 9.83. The molecule has 1 aromatic rings. The van der Waals surface area contributed by atoms with E-state index in [1.165, 1.54) is 23.7 Å². The Bertz CT molecular complexity index is 914. The van der Waals surface area contributed by atoms with Crippen LogP contribution in [0.25, 0.3) is 0 Å². The Labute approximate surface area is 171 Å². The van der Waals surface area contributed by atoms with Crippen LogP contribution in [-0.2, 0) is 13.0 Å². The van der Waals surface area contributed by atoms with Gasteiger partial charge in [-0.15, -0.1) is 5.73 Å². The number of halogens is 3. The Kier molecular flexibility index (Phi) is 5.76. The van der Waals surface area contributed by atoms with Crippen LogP contribution >= 0.6 is 11.5 Å². The number of allylic oxidation sites excluding steroid dienone is 5. The number of carbonyl (C=O) groups is 1. The van der Waals surface area contributed by atoms with Crippen molar-refractivity contribution in [3.05, 3.63) is 57.3 Å². The fourth-order valence-electron chi connectivity index (χ4n) is 4.13. The number of aryl methyl sites for hydroxylation is 1. The van der Waals surface area contributed by atoms with Crippen LogP contribution in [0.1, 0.15) is 40.2 Å². The number of rotatable bonds is 2. The predicted octanol–water partition coefficient (Wildman–Crippen LogP) is 4.17. The van der Waals surface area contributed by atoms with Gasteiger partial charge in [0.2, 0.25) is 0 Å². The van der Waals surface area contributed by atoms with E-state index < -0.39 is 11.7 Å². The molecule has 1 aromatic heterocycles. The molecule has 1 fully saturated rings. The molecule has 1 N–H and O–H groups in total. The zero-order valence-corrected chi connectivity index (χ0v) is 16.7. The SMILES string of the molecule is O=C(c1nsc2c1CNCCC2)N1CCC(C2=C(C(F)(F)F)C=C=CC=C2)CC1. The average molecular weight is 421 g/mol. The molecule has 8 heteroatoms. The number of amides is 1. The Morgan fingerprint density at radius 1 is 1.31 bits per heavy atom. The van der Waals surface area contributed by atoms with Gasteiger partial charge in [0, 0.05) is 30.1 Å². The summed E-state index contributed by atoms with van der Waals surface area (Å²) in [4.78, 5) is 15.9. The molecule has 0 spiro atoms. The highest BCUT2D eigenvalue weighted by atomic mass is 32.1. The first-order chi connectivity index (χ1) is 13.9. The number of alkyl halides is 3. The van der Waals surface area contributed by atoms with Gasteiger partial charge in [0.25, 0.3) is 5.91 Å². The van der Waals surface area contributed by atoms with Crippen LogP contribution in [-0.4, -0.2) is 41.0 Å². The molecule has 0 bridgehead atoms. The molecule has 3 heterocycles. The number of hydrogen-bond donors (Lipinski definition) is 1. The third kappa shape index (κ3) is 4.25. The second-order valence-corrected chi connectivity index (χ2v) is 8.34. The third-order valence-corrected chi connectivity index (χ3v) is 6.61. The lowest BCUT2D eigenvalue weighted by molar-refractivity contribution is -0.0893. The standard InChI is InChI=1S/C21H22F3N3OS/c22-21(23,24)17-6-3-1-2-5-15(17)14-8-11-27(12-9-14)20(28)19-16-13-25-10-4-7-18(16)29-26-19/h1-2,5-6,14,25H,4,7-13H2. The van der Waals surface area contributed by atoms with E-state index in [1.807, 2.05) is 0 Å². The fraction of sp³-hybridized carbons (Fsp3) is 0.476. The normalized spacial score (nSPS) is 20.6. The highest BCUT2D eigenvalue weighted by Gasteiger charge is 2.37. The Balaban J connectivity index is 1.49. The number of nitrogens with zero attached hydrogens (tertiary/aromatic N) is 2. The van der Waals surface area contributed by atoms with E-state index in [1.54, 1.807) is 11.0 Å². The second kappa shape index (κ2) is 8.30. The van der Waals surface area contributed by atoms with Crippen LogP contribution < -0.4 is 5.32 Å². The summed E-state index contributed by atoms with van der Waals surface area (Å²) < 4.78 is 44.8. The maximum Gasteiger partial charge on any atom is 0.417 e. The molecule has 154 valence electrons. The summed E-state index contributed by atoms with van der Waals surface area (Å²) in [7, 11) is 0. The minimum Gasteiger partial charge on any atom is -0.337 e. The first kappa shape index (κ1) is 20.1. The number of fused-ring (bicyclic) bond motifs is 1. The van der Waals surface area contributed by atoms with Crippen molar-refractivity contribution in [2.45, 2.75) is 38.4 Å². The molecule has 0 atom stereocenters. The van der Waals surface area contributed by atoms with Gasteiger partial charge in [0.1, 0.15) is 5.69 Å². The maximum atomic E-state index is 13.5. The van der Waals surface area contributed by atoms with Crippen LogP contribution in [0.2, 0.25) is 0 Å². The number of nitrogens with one attached hydrogen (secondary N) is 1. The summed E-state index contributed by atoms with van der Waals surface area (Å²) in [6.07, 6.45) is 4.19. The summed E-state index contributed by atoms with van der Waals surface area (Å²) in [6.45, 7) is 2.44. The van der Waals surface area contributed by atoms with Crippen LogP contribution in [0.15, 0.2) is 41.2 Å². The third-order valence-electron chi connectivity index (χ3n) is 5.67. The molecule has 3 aliphatic rings. The quantitative estimate of drug-likeness (QED) is 0.729. The molecule has 0 radical (unpaired) electrons. The van der Waals surface area contributed by atoms with Crippen molar-refractivity contribution in [2.75, 3.05) is 19.6 Å². The molecule has 0 saturated carbocycles. The molecular formula is C21H22F3N3OS. The van der Waals surface area contributed by atoms with Crippen molar-refractivity contribution in [1.82, 2.24) is 14.6 Å². The van der Waals surface area contributed by atoms with Crippen molar-refractivity contribution < 1.29 is 18.0 Å². The van der Waals surface area contributed by atoms with Gasteiger partial charge in [-0.05, 0) is 67.4 Å². The molecule has 29 heavy (non-hydrogen) atoms. The largest absolute Gasteiger partial charge is 0.417 e. The van der Waals surface area contributed by atoms with E-state index in [0.29, 0.717) is 38.2 Å². The van der Waals surface area contributed by atoms with Gasteiger partial charge >= 0.3 is 6.18 Å². The van der Waals surface area contributed by atoms with E-state index in [4.69, 9.17) is 0 Å². The Morgan fingerprint density at radius 3 is 2.86 bits per heavy atom. The lowest BCUT2D eigenvalue weighted by Gasteiger charge is -2.33. The number of hydrogen-bond acceptors (Lipinski definition) is 4. The Hall–Kier alpha value is -2.15. The van der Waals surface area contributed by atoms with Gasteiger partial charge in [-0.2, -0.15) is 17.5 Å². The van der Waals surface area contributed by atoms with Gasteiger partial charge in [-0.1, -0.05) is 12.2 Å². The fourth-order valence-corrected chi connectivity index (χ4v) is 5.04. The molecular weight excluding hydrogens is 399 g/mol. The smallest absolute Gasteiger partial charge is 0.337 e. The van der Waals surface area contributed by atoms with Crippen LogP contribution in [0, 0.1) is 5.92 Å². The molecule has 2 aliphatic heterocycles. The Morgan fingerprint density at radius 2 is 2.10 bits per heavy atom. The van der Waals surface area contributed by atoms with E-state index in [-0.39, 0.29) is 17.4 Å². The van der Waals surface area contributed by atoms with Gasteiger partial charge in [-0.3, -0.25) is 4.79 Å². The van der Waals surface area contributed by atoms with Crippen LogP contribution in [0.4, 0.5) is 13.2 Å². The van der Waals surface area contributed by atoms with Gasteiger partial charge in [0.05, 0.1) is 5.57 Å². The van der Waals surface area contributed by atoms with E-state index in [0.717, 1.165) is 35.9 Å². The topological polar surface area (TPSA) is 45.2 Å². The number of aromatic nitrogens is 1. The number of likely N-dealkylation sites (tertiary alicyclic amines) is 1. The van der Waals surface area contributed by atoms with Gasteiger partial charge in [0.15, 0.2) is 0 Å². The highest BCUT2D eigenvalue weighted by Crippen LogP contribution is 2.37. The summed E-state index contributed by atoms with van der Waals surface area (Å²) in [5.74, 6) is -0.335. The van der Waals surface area contributed by atoms with Crippen molar-refractivity contribution in [3.8, 4) is 0 Å². The minimum absolute atomic E-state index is 0.104. The zero-order chi connectivity index (χ0) is 20.4. The number of carbonyl (C=O) groups excluding carboxylic acids is 1. The molecule has 1 aliphatic carbocycles. The molecule has 1 amide bonds. The predicted molar refractivity (Wildman–Crippen MR) is 106 cm³/mol. The van der Waals surface area contributed by atoms with Crippen molar-refractivity contribution in [2.24, 2.45) is 5.92 Å². The maximum absolute atomic E-state index is 13.5. The summed E-state index contributed by atoms with van der Waals surface area (Å²) in [6, 6.07) is 0. The average Bonchev–Trinajstić information content (AvgIpc) is 2.89. The van der Waals surface area contributed by atoms with Crippen LogP contribution in [0.5, 0.6) is 0 Å². The second-order valence-electron chi connectivity index (χ2n) is 7.48. The minimum atomic E-state index is -4.41. The zero-order valence-electron chi connectivity index (χ0n) is 15.9. The lowest BCUT2D eigenvalue weighted by atomic mass is 9.85. The summed E-state index contributed by atoms with van der Waals surface area (Å²) in [5.41, 5.74) is 3.71. The van der Waals surface area contributed by atoms with Gasteiger partial charge in [-0.25, -0.2) is 0 Å². The van der Waals surface area contributed by atoms with Gasteiger partial charge < -0.3 is 10.2 Å². The van der Waals surface area contributed by atoms with E-state index in [2.05, 4.69) is 15.4 Å². The van der Waals surface area contributed by atoms with Crippen molar-refractivity contribution >= 4 is 17.4 Å².